The van der Waals surface area contributed by atoms with Gasteiger partial charge >= 0.3 is 0 Å². The zero-order chi connectivity index (χ0) is 22.4. The Balaban J connectivity index is 1.42. The number of anilines is 1. The quantitative estimate of drug-likeness (QED) is 0.567. The van der Waals surface area contributed by atoms with Crippen molar-refractivity contribution < 1.29 is 17.9 Å². The minimum Gasteiger partial charge on any atom is -0.489 e. The molecule has 1 amide bonds. The van der Waals surface area contributed by atoms with Gasteiger partial charge in [0.05, 0.1) is 4.90 Å². The van der Waals surface area contributed by atoms with E-state index in [9.17, 15) is 13.2 Å². The second-order valence-electron chi connectivity index (χ2n) is 7.78. The van der Waals surface area contributed by atoms with Gasteiger partial charge in [-0.1, -0.05) is 36.4 Å². The van der Waals surface area contributed by atoms with Crippen LogP contribution >= 0.6 is 0 Å². The fraction of sp³-hybridized carbons (Fsp3) is 0.240. The van der Waals surface area contributed by atoms with Crippen molar-refractivity contribution in [2.24, 2.45) is 0 Å². The van der Waals surface area contributed by atoms with Crippen LogP contribution in [0.2, 0.25) is 0 Å². The predicted octanol–water partition coefficient (Wildman–Crippen LogP) is 4.69. The second kappa shape index (κ2) is 9.87. The van der Waals surface area contributed by atoms with Crippen LogP contribution in [-0.4, -0.2) is 32.3 Å². The van der Waals surface area contributed by atoms with Crippen LogP contribution in [-0.2, 0) is 16.6 Å². The molecule has 0 spiro atoms. The van der Waals surface area contributed by atoms with Crippen molar-refractivity contribution in [1.82, 2.24) is 4.90 Å². The van der Waals surface area contributed by atoms with Crippen LogP contribution in [0.4, 0.5) is 5.69 Å². The first-order chi connectivity index (χ1) is 15.5. The number of carbonyl (C=O) groups excluding carboxylic acids is 1. The summed E-state index contributed by atoms with van der Waals surface area (Å²) in [5, 5.41) is 0. The Morgan fingerprint density at radius 1 is 0.875 bits per heavy atom. The third-order valence-electron chi connectivity index (χ3n) is 5.39. The number of sulfonamides is 1. The lowest BCUT2D eigenvalue weighted by Crippen LogP contribution is -2.35. The summed E-state index contributed by atoms with van der Waals surface area (Å²) in [4.78, 5) is 14.6. The van der Waals surface area contributed by atoms with E-state index < -0.39 is 10.0 Å². The molecular formula is C25H26N2O4S. The van der Waals surface area contributed by atoms with Gasteiger partial charge in [-0.3, -0.25) is 9.52 Å². The smallest absolute Gasteiger partial charge is 0.261 e. The standard InChI is InChI=1S/C25H26N2O4S/c28-25(27-16-5-2-6-17-27)21-10-7-11-24(18-21)32(29,30)26-22-12-14-23(15-13-22)31-19-20-8-3-1-4-9-20/h1,3-4,7-15,18,26H,2,5-6,16-17,19H2. The van der Waals surface area contributed by atoms with Gasteiger partial charge < -0.3 is 9.64 Å². The van der Waals surface area contributed by atoms with E-state index in [-0.39, 0.29) is 10.8 Å². The van der Waals surface area contributed by atoms with Gasteiger partial charge in [-0.2, -0.15) is 0 Å². The summed E-state index contributed by atoms with van der Waals surface area (Å²) >= 11 is 0. The summed E-state index contributed by atoms with van der Waals surface area (Å²) in [5.74, 6) is 0.521. The monoisotopic (exact) mass is 450 g/mol. The topological polar surface area (TPSA) is 75.7 Å². The first-order valence-corrected chi connectivity index (χ1v) is 12.2. The zero-order valence-corrected chi connectivity index (χ0v) is 18.6. The van der Waals surface area contributed by atoms with Crippen LogP contribution in [0.1, 0.15) is 35.2 Å². The van der Waals surface area contributed by atoms with E-state index in [0.29, 0.717) is 36.7 Å². The van der Waals surface area contributed by atoms with Gasteiger partial charge in [0.25, 0.3) is 15.9 Å². The molecule has 1 aliphatic heterocycles. The Bertz CT molecular complexity index is 1160. The third kappa shape index (κ3) is 5.48. The van der Waals surface area contributed by atoms with Crippen LogP contribution in [0, 0.1) is 0 Å². The molecule has 1 saturated heterocycles. The molecule has 1 N–H and O–H groups in total. The van der Waals surface area contributed by atoms with Crippen molar-refractivity contribution in [2.75, 3.05) is 17.8 Å². The largest absolute Gasteiger partial charge is 0.489 e. The van der Waals surface area contributed by atoms with Crippen LogP contribution < -0.4 is 9.46 Å². The Labute approximate surface area is 188 Å². The Hall–Kier alpha value is -3.32. The number of amides is 1. The van der Waals surface area contributed by atoms with Gasteiger partial charge in [-0.25, -0.2) is 8.42 Å². The molecule has 3 aromatic carbocycles. The number of benzene rings is 3. The van der Waals surface area contributed by atoms with E-state index >= 15 is 0 Å². The number of ether oxygens (including phenoxy) is 1. The van der Waals surface area contributed by atoms with Crippen LogP contribution in [0.3, 0.4) is 0 Å². The molecule has 0 bridgehead atoms. The van der Waals surface area contributed by atoms with E-state index in [4.69, 9.17) is 4.74 Å². The highest BCUT2D eigenvalue weighted by molar-refractivity contribution is 7.92. The lowest BCUT2D eigenvalue weighted by atomic mass is 10.1. The molecule has 7 heteroatoms. The van der Waals surface area contributed by atoms with E-state index in [1.807, 2.05) is 30.3 Å². The molecule has 166 valence electrons. The summed E-state index contributed by atoms with van der Waals surface area (Å²) in [6, 6.07) is 22.8. The maximum Gasteiger partial charge on any atom is 0.261 e. The van der Waals surface area contributed by atoms with Crippen molar-refractivity contribution in [3.63, 3.8) is 0 Å². The van der Waals surface area contributed by atoms with Crippen molar-refractivity contribution >= 4 is 21.6 Å². The SMILES string of the molecule is O=C(c1cccc(S(=O)(=O)Nc2ccc(OCc3ccccc3)cc2)c1)N1CCCCC1. The first kappa shape index (κ1) is 21.9. The van der Waals surface area contributed by atoms with E-state index in [1.165, 1.54) is 12.1 Å². The number of likely N-dealkylation sites (tertiary alicyclic amines) is 1. The fourth-order valence-electron chi connectivity index (χ4n) is 3.65. The highest BCUT2D eigenvalue weighted by atomic mass is 32.2. The number of nitrogens with one attached hydrogen (secondary N) is 1. The van der Waals surface area contributed by atoms with E-state index in [1.54, 1.807) is 41.3 Å². The Kier molecular flexibility index (Phi) is 6.75. The maximum atomic E-state index is 12.9. The Morgan fingerprint density at radius 2 is 1.59 bits per heavy atom. The summed E-state index contributed by atoms with van der Waals surface area (Å²) in [6.07, 6.45) is 3.09. The second-order valence-corrected chi connectivity index (χ2v) is 9.47. The average molecular weight is 451 g/mol. The van der Waals surface area contributed by atoms with Gasteiger partial charge in [0, 0.05) is 24.3 Å². The number of hydrogen-bond acceptors (Lipinski definition) is 4. The van der Waals surface area contributed by atoms with Gasteiger partial charge in [-0.05, 0) is 67.3 Å². The minimum absolute atomic E-state index is 0.0600. The highest BCUT2D eigenvalue weighted by Gasteiger charge is 2.21. The number of carbonyl (C=O) groups is 1. The number of rotatable bonds is 7. The Morgan fingerprint density at radius 3 is 2.31 bits per heavy atom. The molecule has 0 radical (unpaired) electrons. The third-order valence-corrected chi connectivity index (χ3v) is 6.77. The summed E-state index contributed by atoms with van der Waals surface area (Å²) in [7, 11) is -3.83. The fourth-order valence-corrected chi connectivity index (χ4v) is 4.75. The van der Waals surface area contributed by atoms with Crippen molar-refractivity contribution in [1.29, 1.82) is 0 Å². The normalized spacial score (nSPS) is 14.1. The molecule has 0 unspecified atom stereocenters. The van der Waals surface area contributed by atoms with Crippen molar-refractivity contribution in [3.05, 3.63) is 90.0 Å². The molecular weight excluding hydrogens is 424 g/mol. The van der Waals surface area contributed by atoms with Crippen molar-refractivity contribution in [2.45, 2.75) is 30.8 Å². The molecule has 6 nitrogen and oxygen atoms in total. The number of nitrogens with zero attached hydrogens (tertiary/aromatic N) is 1. The van der Waals surface area contributed by atoms with Gasteiger partial charge in [0.15, 0.2) is 0 Å². The van der Waals surface area contributed by atoms with Crippen molar-refractivity contribution in [3.8, 4) is 5.75 Å². The lowest BCUT2D eigenvalue weighted by molar-refractivity contribution is 0.0724. The van der Waals surface area contributed by atoms with Gasteiger partial charge in [0.2, 0.25) is 0 Å². The number of hydrogen-bond donors (Lipinski definition) is 1. The zero-order valence-electron chi connectivity index (χ0n) is 17.7. The molecule has 1 fully saturated rings. The van der Waals surface area contributed by atoms with E-state index in [2.05, 4.69) is 4.72 Å². The predicted molar refractivity (Wildman–Crippen MR) is 124 cm³/mol. The van der Waals surface area contributed by atoms with Crippen LogP contribution in [0.25, 0.3) is 0 Å². The molecule has 3 aromatic rings. The summed E-state index contributed by atoms with van der Waals surface area (Å²) in [5.41, 5.74) is 1.86. The van der Waals surface area contributed by atoms with Gasteiger partial charge in [-0.15, -0.1) is 0 Å². The van der Waals surface area contributed by atoms with Crippen LogP contribution in [0.15, 0.2) is 83.8 Å². The lowest BCUT2D eigenvalue weighted by Gasteiger charge is -2.26. The molecule has 0 saturated carbocycles. The summed E-state index contributed by atoms with van der Waals surface area (Å²) < 4.78 is 34.1. The van der Waals surface area contributed by atoms with Crippen LogP contribution in [0.5, 0.6) is 5.75 Å². The molecule has 1 aliphatic rings. The molecule has 4 rings (SSSR count). The molecule has 32 heavy (non-hydrogen) atoms. The minimum atomic E-state index is -3.83. The van der Waals surface area contributed by atoms with E-state index in [0.717, 1.165) is 24.8 Å². The molecule has 0 aromatic heterocycles. The molecule has 1 heterocycles. The maximum absolute atomic E-state index is 12.9. The molecule has 0 aliphatic carbocycles. The molecule has 0 atom stereocenters. The van der Waals surface area contributed by atoms with Gasteiger partial charge in [0.1, 0.15) is 12.4 Å². The summed E-state index contributed by atoms with van der Waals surface area (Å²) in [6.45, 7) is 1.86. The average Bonchev–Trinajstić information content (AvgIpc) is 2.84. The highest BCUT2D eigenvalue weighted by Crippen LogP contribution is 2.22. The number of piperidine rings is 1. The first-order valence-electron chi connectivity index (χ1n) is 10.7.